The van der Waals surface area contributed by atoms with Gasteiger partial charge in [-0.15, -0.1) is 0 Å². The Balaban J connectivity index is 4.49. The van der Waals surface area contributed by atoms with Gasteiger partial charge < -0.3 is 5.11 Å². The maximum atomic E-state index is 11.4. The predicted octanol–water partition coefficient (Wildman–Crippen LogP) is -1.27. The van der Waals surface area contributed by atoms with Crippen LogP contribution in [-0.4, -0.2) is 57.1 Å². The maximum absolute atomic E-state index is 11.4. The number of hydrogen-bond acceptors (Lipinski definition) is 6. The molecular weight excluding hydrogens is 226 g/mol. The van der Waals surface area contributed by atoms with E-state index in [-0.39, 0.29) is 0 Å². The zero-order chi connectivity index (χ0) is 12.3. The molecule has 0 rings (SSSR count). The lowest BCUT2D eigenvalue weighted by molar-refractivity contribution is -0.189. The molecule has 0 radical (unpaired) electrons. The Bertz CT molecular complexity index is 322. The molecule has 0 heterocycles. The standard InChI is InChI=1S/C7H15NO6S/c1-7(10,5-14-15(4,11)12)6(9)8(2)13-3/h10H,5H2,1-4H3. The summed E-state index contributed by atoms with van der Waals surface area (Å²) < 4.78 is 25.6. The third-order valence-electron chi connectivity index (χ3n) is 1.57. The molecule has 1 atom stereocenters. The van der Waals surface area contributed by atoms with E-state index >= 15 is 0 Å². The minimum absolute atomic E-state index is 0.654. The Hall–Kier alpha value is -0.700. The van der Waals surface area contributed by atoms with Gasteiger partial charge in [-0.2, -0.15) is 8.42 Å². The molecule has 15 heavy (non-hydrogen) atoms. The van der Waals surface area contributed by atoms with Crippen LogP contribution >= 0.6 is 0 Å². The number of aliphatic hydroxyl groups is 1. The van der Waals surface area contributed by atoms with Crippen LogP contribution in [-0.2, 0) is 23.9 Å². The van der Waals surface area contributed by atoms with Crippen LogP contribution in [0.2, 0.25) is 0 Å². The number of likely N-dealkylation sites (N-methyl/N-ethyl adjacent to an activating group) is 1. The zero-order valence-electron chi connectivity index (χ0n) is 9.05. The van der Waals surface area contributed by atoms with E-state index in [0.29, 0.717) is 0 Å². The predicted molar refractivity (Wildman–Crippen MR) is 51.2 cm³/mol. The largest absolute Gasteiger partial charge is 0.378 e. The fourth-order valence-corrected chi connectivity index (χ4v) is 1.15. The summed E-state index contributed by atoms with van der Waals surface area (Å²) in [5, 5.41) is 10.4. The van der Waals surface area contributed by atoms with Crippen LogP contribution in [0.25, 0.3) is 0 Å². The maximum Gasteiger partial charge on any atom is 0.279 e. The number of amides is 1. The first kappa shape index (κ1) is 14.3. The highest BCUT2D eigenvalue weighted by molar-refractivity contribution is 7.85. The molecule has 0 aliphatic heterocycles. The quantitative estimate of drug-likeness (QED) is 0.476. The molecule has 1 N–H and O–H groups in total. The summed E-state index contributed by atoms with van der Waals surface area (Å²) in [4.78, 5) is 15.9. The molecule has 0 aliphatic rings. The number of rotatable bonds is 5. The summed E-state index contributed by atoms with van der Waals surface area (Å²) in [7, 11) is -1.16. The van der Waals surface area contributed by atoms with Crippen molar-refractivity contribution in [3.8, 4) is 0 Å². The minimum atomic E-state index is -3.69. The van der Waals surface area contributed by atoms with Gasteiger partial charge >= 0.3 is 0 Å². The van der Waals surface area contributed by atoms with Crippen molar-refractivity contribution in [3.63, 3.8) is 0 Å². The molecule has 90 valence electrons. The second-order valence-corrected chi connectivity index (χ2v) is 4.87. The van der Waals surface area contributed by atoms with E-state index in [0.717, 1.165) is 18.2 Å². The van der Waals surface area contributed by atoms with Crippen molar-refractivity contribution in [2.45, 2.75) is 12.5 Å². The van der Waals surface area contributed by atoms with Gasteiger partial charge in [0.2, 0.25) is 0 Å². The van der Waals surface area contributed by atoms with Crippen molar-refractivity contribution in [1.29, 1.82) is 0 Å². The first-order chi connectivity index (χ1) is 6.60. The highest BCUT2D eigenvalue weighted by Gasteiger charge is 2.35. The van der Waals surface area contributed by atoms with Crippen LogP contribution in [0.15, 0.2) is 0 Å². The third kappa shape index (κ3) is 5.07. The zero-order valence-corrected chi connectivity index (χ0v) is 9.87. The van der Waals surface area contributed by atoms with E-state index in [4.69, 9.17) is 0 Å². The molecule has 0 fully saturated rings. The molecule has 0 saturated carbocycles. The monoisotopic (exact) mass is 241 g/mol. The van der Waals surface area contributed by atoms with Crippen LogP contribution in [0, 0.1) is 0 Å². The lowest BCUT2D eigenvalue weighted by Crippen LogP contribution is -2.48. The normalized spacial score (nSPS) is 15.8. The van der Waals surface area contributed by atoms with Gasteiger partial charge in [-0.05, 0) is 6.92 Å². The highest BCUT2D eigenvalue weighted by Crippen LogP contribution is 2.09. The first-order valence-electron chi connectivity index (χ1n) is 3.99. The van der Waals surface area contributed by atoms with Crippen molar-refractivity contribution >= 4 is 16.0 Å². The van der Waals surface area contributed by atoms with E-state index in [1.54, 1.807) is 0 Å². The van der Waals surface area contributed by atoms with Crippen molar-refractivity contribution in [3.05, 3.63) is 0 Å². The number of carbonyl (C=O) groups is 1. The Morgan fingerprint density at radius 2 is 2.00 bits per heavy atom. The summed E-state index contributed by atoms with van der Waals surface area (Å²) in [6.45, 7) is 0.481. The second-order valence-electron chi connectivity index (χ2n) is 3.23. The summed E-state index contributed by atoms with van der Waals surface area (Å²) in [6, 6.07) is 0. The molecule has 0 aliphatic carbocycles. The number of nitrogens with zero attached hydrogens (tertiary/aromatic N) is 1. The molecule has 0 bridgehead atoms. The molecule has 0 spiro atoms. The molecule has 8 heteroatoms. The van der Waals surface area contributed by atoms with E-state index in [1.165, 1.54) is 14.2 Å². The van der Waals surface area contributed by atoms with Crippen molar-refractivity contribution < 1.29 is 27.3 Å². The fourth-order valence-electron chi connectivity index (χ4n) is 0.706. The highest BCUT2D eigenvalue weighted by atomic mass is 32.2. The van der Waals surface area contributed by atoms with E-state index < -0.39 is 28.2 Å². The van der Waals surface area contributed by atoms with Crippen molar-refractivity contribution in [2.75, 3.05) is 27.0 Å². The van der Waals surface area contributed by atoms with Gasteiger partial charge in [0, 0.05) is 7.05 Å². The van der Waals surface area contributed by atoms with E-state index in [2.05, 4.69) is 9.02 Å². The van der Waals surface area contributed by atoms with Crippen molar-refractivity contribution in [2.24, 2.45) is 0 Å². The summed E-state index contributed by atoms with van der Waals surface area (Å²) in [5.74, 6) is -0.798. The SMILES string of the molecule is CON(C)C(=O)C(C)(O)COS(C)(=O)=O. The van der Waals surface area contributed by atoms with Gasteiger partial charge in [0.25, 0.3) is 16.0 Å². The molecule has 0 aromatic rings. The van der Waals surface area contributed by atoms with Crippen LogP contribution in [0.1, 0.15) is 6.92 Å². The summed E-state index contributed by atoms with van der Waals surface area (Å²) >= 11 is 0. The van der Waals surface area contributed by atoms with Crippen molar-refractivity contribution in [1.82, 2.24) is 5.06 Å². The van der Waals surface area contributed by atoms with Gasteiger partial charge in [0.05, 0.1) is 13.4 Å². The van der Waals surface area contributed by atoms with Crippen LogP contribution in [0.4, 0.5) is 0 Å². The minimum Gasteiger partial charge on any atom is -0.378 e. The molecule has 0 aromatic carbocycles. The molecule has 7 nitrogen and oxygen atoms in total. The first-order valence-corrected chi connectivity index (χ1v) is 5.81. The molecule has 1 unspecified atom stereocenters. The average Bonchev–Trinajstić information content (AvgIpc) is 2.11. The third-order valence-corrected chi connectivity index (χ3v) is 2.12. The Labute approximate surface area is 88.7 Å². The smallest absolute Gasteiger partial charge is 0.279 e. The van der Waals surface area contributed by atoms with E-state index in [1.807, 2.05) is 0 Å². The Kier molecular flexibility index (Phi) is 4.65. The number of carbonyl (C=O) groups excluding carboxylic acids is 1. The molecule has 1 amide bonds. The molecule has 0 aromatic heterocycles. The van der Waals surface area contributed by atoms with Crippen LogP contribution in [0.5, 0.6) is 0 Å². The summed E-state index contributed by atoms with van der Waals surface area (Å²) in [6.07, 6.45) is 0.827. The Morgan fingerprint density at radius 3 is 2.33 bits per heavy atom. The van der Waals surface area contributed by atoms with Crippen LogP contribution < -0.4 is 0 Å². The topological polar surface area (TPSA) is 93.1 Å². The fraction of sp³-hybridized carbons (Fsp3) is 0.857. The lowest BCUT2D eigenvalue weighted by Gasteiger charge is -2.25. The van der Waals surface area contributed by atoms with Crippen LogP contribution in [0.3, 0.4) is 0 Å². The summed E-state index contributed by atoms with van der Waals surface area (Å²) in [5.41, 5.74) is -1.95. The molecular formula is C7H15NO6S. The van der Waals surface area contributed by atoms with Gasteiger partial charge in [-0.3, -0.25) is 13.8 Å². The molecule has 0 saturated heterocycles. The van der Waals surface area contributed by atoms with Gasteiger partial charge in [0.1, 0.15) is 6.61 Å². The van der Waals surface area contributed by atoms with E-state index in [9.17, 15) is 18.3 Å². The number of hydrogen-bond donors (Lipinski definition) is 1. The Morgan fingerprint density at radius 1 is 1.53 bits per heavy atom. The average molecular weight is 241 g/mol. The van der Waals surface area contributed by atoms with Gasteiger partial charge in [-0.1, -0.05) is 0 Å². The second kappa shape index (κ2) is 4.88. The van der Waals surface area contributed by atoms with Gasteiger partial charge in [-0.25, -0.2) is 5.06 Å². The number of hydroxylamine groups is 2. The lowest BCUT2D eigenvalue weighted by atomic mass is 10.1. The van der Waals surface area contributed by atoms with Gasteiger partial charge in [0.15, 0.2) is 5.60 Å².